The Balaban J connectivity index is 2.56. The second-order valence-electron chi connectivity index (χ2n) is 4.46. The van der Waals surface area contributed by atoms with E-state index in [1.54, 1.807) is 12.1 Å². The van der Waals surface area contributed by atoms with Crippen molar-refractivity contribution in [2.75, 3.05) is 0 Å². The molecule has 0 heterocycles. The lowest BCUT2D eigenvalue weighted by Crippen LogP contribution is -2.00. The van der Waals surface area contributed by atoms with Gasteiger partial charge in [0, 0.05) is 15.6 Å². The molecule has 0 aliphatic rings. The molecule has 19 heavy (non-hydrogen) atoms. The summed E-state index contributed by atoms with van der Waals surface area (Å²) in [4.78, 5) is 0. The Kier molecular flexibility index (Phi) is 4.39. The van der Waals surface area contributed by atoms with Crippen LogP contribution in [0, 0.1) is 19.7 Å². The van der Waals surface area contributed by atoms with Gasteiger partial charge in [0.25, 0.3) is 0 Å². The predicted molar refractivity (Wildman–Crippen MR) is 80.0 cm³/mol. The van der Waals surface area contributed by atoms with Crippen LogP contribution in [0.25, 0.3) is 0 Å². The SMILES string of the molecule is Cc1cc(Cl)c(C(Cl)c2c(F)cccc2Cl)cc1C. The fourth-order valence-electron chi connectivity index (χ4n) is 1.91. The van der Waals surface area contributed by atoms with Gasteiger partial charge < -0.3 is 0 Å². The Hall–Kier alpha value is -0.760. The van der Waals surface area contributed by atoms with Crippen molar-refractivity contribution in [1.29, 1.82) is 0 Å². The molecule has 0 radical (unpaired) electrons. The second-order valence-corrected chi connectivity index (χ2v) is 5.71. The van der Waals surface area contributed by atoms with Gasteiger partial charge in [-0.25, -0.2) is 4.39 Å². The molecule has 2 aromatic carbocycles. The molecule has 0 aliphatic carbocycles. The summed E-state index contributed by atoms with van der Waals surface area (Å²) in [6, 6.07) is 8.21. The molecule has 1 atom stereocenters. The molecule has 0 aromatic heterocycles. The average Bonchev–Trinajstić information content (AvgIpc) is 2.33. The van der Waals surface area contributed by atoms with Crippen LogP contribution >= 0.6 is 34.8 Å². The highest BCUT2D eigenvalue weighted by Crippen LogP contribution is 2.39. The molecule has 2 rings (SSSR count). The molecule has 100 valence electrons. The standard InChI is InChI=1S/C15H12Cl3F/c1-8-6-10(12(17)7-9(8)2)15(18)14-11(16)4-3-5-13(14)19/h3-7,15H,1-2H3. The molecule has 0 fully saturated rings. The van der Waals surface area contributed by atoms with E-state index in [4.69, 9.17) is 34.8 Å². The average molecular weight is 318 g/mol. The summed E-state index contributed by atoms with van der Waals surface area (Å²) in [6.07, 6.45) is 0. The number of rotatable bonds is 2. The van der Waals surface area contributed by atoms with E-state index in [2.05, 4.69) is 0 Å². The summed E-state index contributed by atoms with van der Waals surface area (Å²) in [5.74, 6) is -0.429. The predicted octanol–water partition coefficient (Wildman–Crippen LogP) is 6.08. The highest BCUT2D eigenvalue weighted by atomic mass is 35.5. The quantitative estimate of drug-likeness (QED) is 0.589. The second kappa shape index (κ2) is 5.70. The minimum atomic E-state index is -0.708. The lowest BCUT2D eigenvalue weighted by Gasteiger charge is -2.16. The lowest BCUT2D eigenvalue weighted by atomic mass is 9.99. The van der Waals surface area contributed by atoms with E-state index in [9.17, 15) is 4.39 Å². The van der Waals surface area contributed by atoms with E-state index in [1.807, 2.05) is 26.0 Å². The number of alkyl halides is 1. The highest BCUT2D eigenvalue weighted by molar-refractivity contribution is 6.35. The van der Waals surface area contributed by atoms with Crippen molar-refractivity contribution in [1.82, 2.24) is 0 Å². The molecule has 0 saturated carbocycles. The monoisotopic (exact) mass is 316 g/mol. The molecule has 0 nitrogen and oxygen atoms in total. The topological polar surface area (TPSA) is 0 Å². The molecule has 4 heteroatoms. The zero-order chi connectivity index (χ0) is 14.2. The minimum absolute atomic E-state index is 0.260. The van der Waals surface area contributed by atoms with Gasteiger partial charge in [-0.2, -0.15) is 0 Å². The van der Waals surface area contributed by atoms with E-state index >= 15 is 0 Å². The van der Waals surface area contributed by atoms with Crippen LogP contribution in [-0.4, -0.2) is 0 Å². The summed E-state index contributed by atoms with van der Waals surface area (Å²) in [6.45, 7) is 3.92. The first kappa shape index (κ1) is 14.6. The van der Waals surface area contributed by atoms with Gasteiger partial charge in [-0.1, -0.05) is 35.3 Å². The van der Waals surface area contributed by atoms with Crippen LogP contribution in [0.3, 0.4) is 0 Å². The van der Waals surface area contributed by atoms with Gasteiger partial charge in [0.1, 0.15) is 5.82 Å². The number of hydrogen-bond donors (Lipinski definition) is 0. The summed E-state index contributed by atoms with van der Waals surface area (Å²) in [7, 11) is 0. The molecular formula is C15H12Cl3F. The Morgan fingerprint density at radius 3 is 2.26 bits per heavy atom. The Labute approximate surface area is 127 Å². The Bertz CT molecular complexity index is 603. The number of hydrogen-bond acceptors (Lipinski definition) is 0. The molecule has 0 bridgehead atoms. The largest absolute Gasteiger partial charge is 0.207 e. The molecule has 2 aromatic rings. The molecule has 0 amide bonds. The fourth-order valence-corrected chi connectivity index (χ4v) is 3.02. The first-order valence-corrected chi connectivity index (χ1v) is 6.95. The summed E-state index contributed by atoms with van der Waals surface area (Å²) in [5, 5.41) is 0.109. The molecule has 0 saturated heterocycles. The third kappa shape index (κ3) is 2.89. The van der Waals surface area contributed by atoms with Crippen LogP contribution < -0.4 is 0 Å². The van der Waals surface area contributed by atoms with E-state index in [0.717, 1.165) is 11.1 Å². The fraction of sp³-hybridized carbons (Fsp3) is 0.200. The van der Waals surface area contributed by atoms with Crippen molar-refractivity contribution in [3.8, 4) is 0 Å². The van der Waals surface area contributed by atoms with Gasteiger partial charge in [0.05, 0.1) is 5.38 Å². The summed E-state index contributed by atoms with van der Waals surface area (Å²) in [5.41, 5.74) is 3.05. The number of halogens is 4. The normalized spacial score (nSPS) is 12.5. The van der Waals surface area contributed by atoms with E-state index in [1.165, 1.54) is 6.07 Å². The van der Waals surface area contributed by atoms with Crippen molar-refractivity contribution in [3.63, 3.8) is 0 Å². The van der Waals surface area contributed by atoms with E-state index < -0.39 is 11.2 Å². The van der Waals surface area contributed by atoms with E-state index in [-0.39, 0.29) is 5.56 Å². The highest BCUT2D eigenvalue weighted by Gasteiger charge is 2.21. The van der Waals surface area contributed by atoms with Crippen LogP contribution in [0.5, 0.6) is 0 Å². The van der Waals surface area contributed by atoms with Crippen molar-refractivity contribution in [2.45, 2.75) is 19.2 Å². The van der Waals surface area contributed by atoms with Crippen molar-refractivity contribution in [2.24, 2.45) is 0 Å². The summed E-state index contributed by atoms with van der Waals surface area (Å²) >= 11 is 18.6. The van der Waals surface area contributed by atoms with Gasteiger partial charge in [-0.3, -0.25) is 0 Å². The van der Waals surface area contributed by atoms with Crippen molar-refractivity contribution < 1.29 is 4.39 Å². The molecule has 0 spiro atoms. The minimum Gasteiger partial charge on any atom is -0.207 e. The van der Waals surface area contributed by atoms with Gasteiger partial charge in [0.15, 0.2) is 0 Å². The molecular weight excluding hydrogens is 306 g/mol. The van der Waals surface area contributed by atoms with Gasteiger partial charge in [-0.15, -0.1) is 11.6 Å². The Morgan fingerprint density at radius 2 is 1.63 bits per heavy atom. The number of benzene rings is 2. The number of aryl methyl sites for hydroxylation is 2. The molecule has 0 N–H and O–H groups in total. The Morgan fingerprint density at radius 1 is 1.00 bits per heavy atom. The molecule has 1 unspecified atom stereocenters. The van der Waals surface area contributed by atoms with Crippen LogP contribution in [0.15, 0.2) is 30.3 Å². The first-order chi connectivity index (χ1) is 8.91. The summed E-state index contributed by atoms with van der Waals surface area (Å²) < 4.78 is 13.9. The molecule has 0 aliphatic heterocycles. The maximum absolute atomic E-state index is 13.9. The van der Waals surface area contributed by atoms with Crippen molar-refractivity contribution in [3.05, 3.63) is 68.4 Å². The van der Waals surface area contributed by atoms with Crippen LogP contribution in [-0.2, 0) is 0 Å². The maximum atomic E-state index is 13.9. The van der Waals surface area contributed by atoms with Crippen molar-refractivity contribution >= 4 is 34.8 Å². The van der Waals surface area contributed by atoms with Crippen LogP contribution in [0.4, 0.5) is 4.39 Å². The zero-order valence-corrected chi connectivity index (χ0v) is 12.7. The third-order valence-electron chi connectivity index (χ3n) is 3.14. The van der Waals surface area contributed by atoms with Gasteiger partial charge in [0.2, 0.25) is 0 Å². The van der Waals surface area contributed by atoms with Gasteiger partial charge >= 0.3 is 0 Å². The maximum Gasteiger partial charge on any atom is 0.129 e. The van der Waals surface area contributed by atoms with Gasteiger partial charge in [-0.05, 0) is 48.7 Å². The van der Waals surface area contributed by atoms with E-state index in [0.29, 0.717) is 15.6 Å². The zero-order valence-electron chi connectivity index (χ0n) is 10.5. The lowest BCUT2D eigenvalue weighted by molar-refractivity contribution is 0.612. The first-order valence-electron chi connectivity index (χ1n) is 5.76. The van der Waals surface area contributed by atoms with Crippen LogP contribution in [0.1, 0.15) is 27.6 Å². The smallest absolute Gasteiger partial charge is 0.129 e. The third-order valence-corrected chi connectivity index (χ3v) is 4.25. The van der Waals surface area contributed by atoms with Crippen LogP contribution in [0.2, 0.25) is 10.0 Å².